The van der Waals surface area contributed by atoms with Crippen molar-refractivity contribution in [2.45, 2.75) is 23.8 Å². The molecule has 162 valence electrons. The van der Waals surface area contributed by atoms with Crippen LogP contribution in [0.25, 0.3) is 11.3 Å². The van der Waals surface area contributed by atoms with Crippen LogP contribution in [0.2, 0.25) is 0 Å². The Kier molecular flexibility index (Phi) is 4.84. The number of nitrogen functional groups attached to an aromatic ring is 1. The van der Waals surface area contributed by atoms with Crippen LogP contribution in [-0.2, 0) is 25.5 Å². The fourth-order valence-corrected chi connectivity index (χ4v) is 4.77. The van der Waals surface area contributed by atoms with Crippen molar-refractivity contribution in [3.63, 3.8) is 0 Å². The van der Waals surface area contributed by atoms with Gasteiger partial charge in [0.1, 0.15) is 4.75 Å². The van der Waals surface area contributed by atoms with E-state index in [4.69, 9.17) is 10.5 Å². The molecular weight excluding hydrogens is 425 g/mol. The molecule has 0 atom stereocenters. The zero-order valence-electron chi connectivity index (χ0n) is 16.0. The number of nitrogens with zero attached hydrogens (tertiary/aromatic N) is 5. The molecule has 1 saturated carbocycles. The van der Waals surface area contributed by atoms with Crippen molar-refractivity contribution in [2.75, 3.05) is 43.2 Å². The number of nitrogens with two attached hydrogens (primary N) is 1. The third kappa shape index (κ3) is 3.67. The first-order chi connectivity index (χ1) is 14.0. The van der Waals surface area contributed by atoms with Crippen molar-refractivity contribution in [3.8, 4) is 11.3 Å². The molecule has 0 unspecified atom stereocenters. The second-order valence-electron chi connectivity index (χ2n) is 7.29. The summed E-state index contributed by atoms with van der Waals surface area (Å²) in [5, 5.41) is 0. The van der Waals surface area contributed by atoms with Gasteiger partial charge < -0.3 is 15.4 Å². The van der Waals surface area contributed by atoms with Crippen molar-refractivity contribution in [3.05, 3.63) is 23.7 Å². The highest BCUT2D eigenvalue weighted by molar-refractivity contribution is 7.91. The molecule has 1 aliphatic heterocycles. The number of sulfone groups is 1. The van der Waals surface area contributed by atoms with Gasteiger partial charge in [-0.1, -0.05) is 0 Å². The summed E-state index contributed by atoms with van der Waals surface area (Å²) in [6, 6.07) is 1.28. The molecule has 2 aromatic heterocycles. The molecule has 1 saturated heterocycles. The van der Waals surface area contributed by atoms with Crippen LogP contribution in [0.5, 0.6) is 0 Å². The summed E-state index contributed by atoms with van der Waals surface area (Å²) in [4.78, 5) is 17.5. The van der Waals surface area contributed by atoms with Gasteiger partial charge in [-0.05, 0) is 18.9 Å². The van der Waals surface area contributed by atoms with Gasteiger partial charge in [-0.15, -0.1) is 0 Å². The fraction of sp³-hybridized carbons (Fsp3) is 0.529. The third-order valence-corrected chi connectivity index (χ3v) is 7.28. The largest absolute Gasteiger partial charge is 0.434 e. The normalized spacial score (nSPS) is 19.0. The number of alkyl halides is 3. The van der Waals surface area contributed by atoms with Gasteiger partial charge in [0.15, 0.2) is 15.5 Å². The lowest BCUT2D eigenvalue weighted by Gasteiger charge is -2.28. The second-order valence-corrected chi connectivity index (χ2v) is 9.62. The molecule has 3 heterocycles. The molecule has 0 radical (unpaired) electrons. The number of ether oxygens (including phenoxy) is 1. The van der Waals surface area contributed by atoms with Gasteiger partial charge in [0.2, 0.25) is 11.9 Å². The summed E-state index contributed by atoms with van der Waals surface area (Å²) in [7, 11) is -3.54. The Morgan fingerprint density at radius 2 is 1.83 bits per heavy atom. The van der Waals surface area contributed by atoms with Gasteiger partial charge in [-0.25, -0.2) is 28.4 Å². The first-order valence-corrected chi connectivity index (χ1v) is 11.0. The maximum Gasteiger partial charge on any atom is 0.434 e. The first-order valence-electron chi connectivity index (χ1n) is 9.13. The highest BCUT2D eigenvalue weighted by Crippen LogP contribution is 2.52. The molecule has 4 rings (SSSR count). The van der Waals surface area contributed by atoms with Crippen molar-refractivity contribution in [2.24, 2.45) is 0 Å². The summed E-state index contributed by atoms with van der Waals surface area (Å²) < 4.78 is 69.7. The van der Waals surface area contributed by atoms with Crippen LogP contribution in [0.4, 0.5) is 25.1 Å². The van der Waals surface area contributed by atoms with E-state index in [1.54, 1.807) is 4.90 Å². The van der Waals surface area contributed by atoms with Crippen LogP contribution in [0.1, 0.15) is 24.2 Å². The van der Waals surface area contributed by atoms with Crippen LogP contribution in [0.15, 0.2) is 12.3 Å². The van der Waals surface area contributed by atoms with Gasteiger partial charge in [0.05, 0.1) is 24.6 Å². The van der Waals surface area contributed by atoms with Crippen LogP contribution < -0.4 is 10.6 Å². The minimum absolute atomic E-state index is 0.108. The predicted octanol–water partition coefficient (Wildman–Crippen LogP) is 1.40. The second kappa shape index (κ2) is 7.01. The van der Waals surface area contributed by atoms with Gasteiger partial charge in [0.25, 0.3) is 0 Å². The number of rotatable bonds is 4. The molecular formula is C17H19F3N6O3S. The van der Waals surface area contributed by atoms with Crippen LogP contribution in [0, 0.1) is 0 Å². The summed E-state index contributed by atoms with van der Waals surface area (Å²) >= 11 is 0. The van der Waals surface area contributed by atoms with Crippen LogP contribution in [-0.4, -0.2) is 60.9 Å². The average Bonchev–Trinajstić information content (AvgIpc) is 3.50. The fourth-order valence-electron chi connectivity index (χ4n) is 3.44. The molecule has 0 spiro atoms. The summed E-state index contributed by atoms with van der Waals surface area (Å²) in [5.41, 5.74) is 3.79. The molecule has 2 N–H and O–H groups in total. The van der Waals surface area contributed by atoms with E-state index in [-0.39, 0.29) is 22.9 Å². The van der Waals surface area contributed by atoms with E-state index in [1.165, 1.54) is 6.07 Å². The first kappa shape index (κ1) is 20.7. The quantitative estimate of drug-likeness (QED) is 0.745. The van der Waals surface area contributed by atoms with E-state index >= 15 is 0 Å². The number of anilines is 2. The van der Waals surface area contributed by atoms with Crippen LogP contribution >= 0.6 is 0 Å². The maximum absolute atomic E-state index is 13.6. The summed E-state index contributed by atoms with van der Waals surface area (Å²) in [6.07, 6.45) is -2.07. The smallest absolute Gasteiger partial charge is 0.378 e. The number of hydrogen-bond donors (Lipinski definition) is 1. The standard InChI is InChI=1S/C17H19F3N6O3S/c1-30(27,28)16(2-3-16)12-8-11(23-15(24-12)26-4-6-29-7-5-26)10-9-22-14(21)25-13(10)17(18,19)20/h8-9H,2-7H2,1H3,(H2,21,22,25). The SMILES string of the molecule is CS(=O)(=O)C1(c2cc(-c3cnc(N)nc3C(F)(F)F)nc(N3CCOCC3)n2)CC1. The van der Waals surface area contributed by atoms with E-state index in [1.807, 2.05) is 0 Å². The van der Waals surface area contributed by atoms with Crippen molar-refractivity contribution < 1.29 is 26.3 Å². The molecule has 13 heteroatoms. The monoisotopic (exact) mass is 444 g/mol. The molecule has 0 aromatic carbocycles. The molecule has 9 nitrogen and oxygen atoms in total. The topological polar surface area (TPSA) is 124 Å². The highest BCUT2D eigenvalue weighted by Gasteiger charge is 2.55. The number of halogens is 3. The zero-order chi connectivity index (χ0) is 21.7. The van der Waals surface area contributed by atoms with Gasteiger partial charge >= 0.3 is 6.18 Å². The van der Waals surface area contributed by atoms with E-state index < -0.39 is 32.4 Å². The predicted molar refractivity (Wildman–Crippen MR) is 101 cm³/mol. The van der Waals surface area contributed by atoms with Gasteiger partial charge in [-0.3, -0.25) is 0 Å². The molecule has 2 aromatic rings. The minimum atomic E-state index is -4.80. The molecule has 2 aliphatic rings. The van der Waals surface area contributed by atoms with E-state index in [0.717, 1.165) is 12.5 Å². The van der Waals surface area contributed by atoms with Crippen molar-refractivity contribution in [1.82, 2.24) is 19.9 Å². The Morgan fingerprint density at radius 1 is 1.17 bits per heavy atom. The Bertz CT molecular complexity index is 1080. The lowest BCUT2D eigenvalue weighted by atomic mass is 10.1. The minimum Gasteiger partial charge on any atom is -0.378 e. The Hall–Kier alpha value is -2.54. The molecule has 2 fully saturated rings. The van der Waals surface area contributed by atoms with Crippen molar-refractivity contribution >= 4 is 21.7 Å². The highest BCUT2D eigenvalue weighted by atomic mass is 32.2. The van der Waals surface area contributed by atoms with E-state index in [2.05, 4.69) is 19.9 Å². The lowest BCUT2D eigenvalue weighted by molar-refractivity contribution is -0.140. The average molecular weight is 444 g/mol. The Balaban J connectivity index is 1.92. The molecule has 1 aliphatic carbocycles. The van der Waals surface area contributed by atoms with E-state index in [9.17, 15) is 21.6 Å². The number of aromatic nitrogens is 4. The summed E-state index contributed by atoms with van der Waals surface area (Å²) in [6.45, 7) is 1.66. The number of hydrogen-bond acceptors (Lipinski definition) is 9. The number of morpholine rings is 1. The zero-order valence-corrected chi connectivity index (χ0v) is 16.8. The Labute approximate surface area is 170 Å². The summed E-state index contributed by atoms with van der Waals surface area (Å²) in [5.74, 6) is -0.380. The van der Waals surface area contributed by atoms with Gasteiger partial charge in [0, 0.05) is 31.1 Å². The molecule has 30 heavy (non-hydrogen) atoms. The third-order valence-electron chi connectivity index (χ3n) is 5.24. The lowest BCUT2D eigenvalue weighted by Crippen LogP contribution is -2.38. The maximum atomic E-state index is 13.6. The molecule has 0 amide bonds. The molecule has 0 bridgehead atoms. The van der Waals surface area contributed by atoms with Crippen LogP contribution in [0.3, 0.4) is 0 Å². The van der Waals surface area contributed by atoms with Gasteiger partial charge in [-0.2, -0.15) is 13.2 Å². The van der Waals surface area contributed by atoms with Crippen molar-refractivity contribution in [1.29, 1.82) is 0 Å². The Morgan fingerprint density at radius 3 is 2.40 bits per heavy atom. The van der Waals surface area contributed by atoms with E-state index in [0.29, 0.717) is 39.1 Å².